The highest BCUT2D eigenvalue weighted by Crippen LogP contribution is 2.32. The predicted molar refractivity (Wildman–Crippen MR) is 109 cm³/mol. The maximum Gasteiger partial charge on any atom is 0.220 e. The van der Waals surface area contributed by atoms with Crippen LogP contribution >= 0.6 is 0 Å². The molecule has 1 fully saturated rings. The van der Waals surface area contributed by atoms with Crippen molar-refractivity contribution in [3.05, 3.63) is 53.7 Å². The third-order valence-electron chi connectivity index (χ3n) is 4.95. The largest absolute Gasteiger partial charge is 0.493 e. The number of anilines is 1. The molecule has 0 spiro atoms. The number of piperidine rings is 1. The number of aromatic nitrogens is 1. The van der Waals surface area contributed by atoms with Gasteiger partial charge >= 0.3 is 0 Å². The molecule has 1 aromatic heterocycles. The molecule has 0 radical (unpaired) electrons. The summed E-state index contributed by atoms with van der Waals surface area (Å²) in [6, 6.07) is 11.4. The van der Waals surface area contributed by atoms with Crippen LogP contribution in [0.2, 0.25) is 0 Å². The Balaban J connectivity index is 1.91. The van der Waals surface area contributed by atoms with E-state index in [9.17, 15) is 4.79 Å². The minimum absolute atomic E-state index is 0.0618. The van der Waals surface area contributed by atoms with Crippen LogP contribution in [0.15, 0.2) is 42.6 Å². The molecule has 2 heterocycles. The van der Waals surface area contributed by atoms with Gasteiger partial charge in [0.15, 0.2) is 0 Å². The average molecular weight is 378 g/mol. The molecule has 28 heavy (non-hydrogen) atoms. The minimum atomic E-state index is -0.218. The Hall–Kier alpha value is -3.04. The molecular weight excluding hydrogens is 352 g/mol. The van der Waals surface area contributed by atoms with E-state index in [1.54, 1.807) is 12.3 Å². The van der Waals surface area contributed by atoms with Crippen LogP contribution in [0, 0.1) is 17.8 Å². The summed E-state index contributed by atoms with van der Waals surface area (Å²) in [5.74, 6) is 7.62. The number of ether oxygens (including phenoxy) is 1. The summed E-state index contributed by atoms with van der Waals surface area (Å²) < 4.78 is 5.84. The minimum Gasteiger partial charge on any atom is -0.493 e. The van der Waals surface area contributed by atoms with E-state index in [2.05, 4.69) is 21.7 Å². The fourth-order valence-corrected chi connectivity index (χ4v) is 3.43. The van der Waals surface area contributed by atoms with Gasteiger partial charge in [-0.3, -0.25) is 9.69 Å². The Morgan fingerprint density at radius 2 is 2.04 bits per heavy atom. The lowest BCUT2D eigenvalue weighted by Crippen LogP contribution is -2.40. The molecule has 1 saturated heterocycles. The van der Waals surface area contributed by atoms with E-state index in [1.165, 1.54) is 0 Å². The fraction of sp³-hybridized carbons (Fsp3) is 0.364. The zero-order valence-electron chi connectivity index (χ0n) is 16.1. The second kappa shape index (κ2) is 9.25. The van der Waals surface area contributed by atoms with Gasteiger partial charge in [0.05, 0.1) is 6.61 Å². The Bertz CT molecular complexity index is 862. The topological polar surface area (TPSA) is 94.5 Å². The van der Waals surface area contributed by atoms with Crippen molar-refractivity contribution in [2.75, 3.05) is 25.4 Å². The molecule has 3 rings (SSSR count). The standard InChI is InChI=1S/C22H26N4O2/c1-2-28-20-6-4-3-5-18(20)19(9-7-16-8-10-21(23)25-15-16)26-13-11-17(12-14-26)22(24)27/h3-6,8,10,15,17,19H,2,11-14H2,1H3,(H2,23,25)(H2,24,27)/t19-/m1/s1. The normalized spacial score (nSPS) is 16.0. The van der Waals surface area contributed by atoms with Crippen molar-refractivity contribution in [2.24, 2.45) is 11.7 Å². The number of carbonyl (C=O) groups excluding carboxylic acids is 1. The second-order valence-corrected chi connectivity index (χ2v) is 6.83. The number of pyridine rings is 1. The predicted octanol–water partition coefficient (Wildman–Crippen LogP) is 2.35. The molecule has 1 aliphatic heterocycles. The van der Waals surface area contributed by atoms with E-state index < -0.39 is 0 Å². The van der Waals surface area contributed by atoms with Crippen molar-refractivity contribution in [2.45, 2.75) is 25.8 Å². The van der Waals surface area contributed by atoms with Gasteiger partial charge in [0.25, 0.3) is 0 Å². The summed E-state index contributed by atoms with van der Waals surface area (Å²) in [5, 5.41) is 0. The molecule has 0 saturated carbocycles. The zero-order chi connectivity index (χ0) is 19.9. The van der Waals surface area contributed by atoms with Gasteiger partial charge in [-0.15, -0.1) is 0 Å². The van der Waals surface area contributed by atoms with E-state index in [0.717, 1.165) is 42.8 Å². The third-order valence-corrected chi connectivity index (χ3v) is 4.95. The van der Waals surface area contributed by atoms with Gasteiger partial charge in [-0.05, 0) is 38.0 Å². The molecule has 1 aliphatic rings. The van der Waals surface area contributed by atoms with Gasteiger partial charge in [-0.2, -0.15) is 0 Å². The first-order valence-corrected chi connectivity index (χ1v) is 9.56. The summed E-state index contributed by atoms with van der Waals surface area (Å²) >= 11 is 0. The Morgan fingerprint density at radius 1 is 1.29 bits per heavy atom. The lowest BCUT2D eigenvalue weighted by atomic mass is 9.93. The number of primary amides is 1. The van der Waals surface area contributed by atoms with Gasteiger partial charge in [0.2, 0.25) is 5.91 Å². The van der Waals surface area contributed by atoms with E-state index in [0.29, 0.717) is 12.4 Å². The summed E-state index contributed by atoms with van der Waals surface area (Å²) in [6.07, 6.45) is 3.16. The summed E-state index contributed by atoms with van der Waals surface area (Å²) in [7, 11) is 0. The highest BCUT2D eigenvalue weighted by atomic mass is 16.5. The summed E-state index contributed by atoms with van der Waals surface area (Å²) in [6.45, 7) is 4.07. The van der Waals surface area contributed by atoms with E-state index in [-0.39, 0.29) is 17.9 Å². The smallest absolute Gasteiger partial charge is 0.220 e. The number of benzene rings is 1. The van der Waals surface area contributed by atoms with Crippen molar-refractivity contribution in [1.29, 1.82) is 0 Å². The molecule has 0 aliphatic carbocycles. The number of hydrogen-bond donors (Lipinski definition) is 2. The fourth-order valence-electron chi connectivity index (χ4n) is 3.43. The highest BCUT2D eigenvalue weighted by molar-refractivity contribution is 5.76. The monoisotopic (exact) mass is 378 g/mol. The molecule has 1 aromatic carbocycles. The maximum atomic E-state index is 11.5. The number of amides is 1. The van der Waals surface area contributed by atoms with Gasteiger partial charge in [-0.1, -0.05) is 30.0 Å². The van der Waals surface area contributed by atoms with Crippen molar-refractivity contribution >= 4 is 11.7 Å². The highest BCUT2D eigenvalue weighted by Gasteiger charge is 2.29. The van der Waals surface area contributed by atoms with Crippen molar-refractivity contribution in [3.8, 4) is 17.6 Å². The second-order valence-electron chi connectivity index (χ2n) is 6.83. The Morgan fingerprint density at radius 3 is 2.68 bits per heavy atom. The average Bonchev–Trinajstić information content (AvgIpc) is 2.71. The number of para-hydroxylation sites is 1. The first-order chi connectivity index (χ1) is 13.6. The van der Waals surface area contributed by atoms with Gasteiger partial charge in [0.1, 0.15) is 17.6 Å². The summed E-state index contributed by atoms with van der Waals surface area (Å²) in [4.78, 5) is 17.9. The molecule has 0 unspecified atom stereocenters. The molecule has 0 bridgehead atoms. The van der Waals surface area contributed by atoms with Crippen LogP contribution in [0.3, 0.4) is 0 Å². The van der Waals surface area contributed by atoms with E-state index in [1.807, 2.05) is 37.3 Å². The van der Waals surface area contributed by atoms with Crippen LogP contribution in [0.4, 0.5) is 5.82 Å². The molecule has 4 N–H and O–H groups in total. The zero-order valence-corrected chi connectivity index (χ0v) is 16.1. The van der Waals surface area contributed by atoms with E-state index in [4.69, 9.17) is 16.2 Å². The number of likely N-dealkylation sites (tertiary alicyclic amines) is 1. The van der Waals surface area contributed by atoms with Crippen molar-refractivity contribution < 1.29 is 9.53 Å². The molecule has 1 atom stereocenters. The quantitative estimate of drug-likeness (QED) is 0.779. The number of nitrogens with zero attached hydrogens (tertiary/aromatic N) is 2. The molecule has 6 nitrogen and oxygen atoms in total. The Kier molecular flexibility index (Phi) is 6.51. The lowest BCUT2D eigenvalue weighted by molar-refractivity contribution is -0.123. The maximum absolute atomic E-state index is 11.5. The third kappa shape index (κ3) is 4.81. The molecule has 2 aromatic rings. The SMILES string of the molecule is CCOc1ccccc1[C@@H](C#Cc1ccc(N)nc1)N1CCC(C(N)=O)CC1. The van der Waals surface area contributed by atoms with Gasteiger partial charge < -0.3 is 16.2 Å². The molecule has 6 heteroatoms. The van der Waals surface area contributed by atoms with Crippen LogP contribution in [-0.4, -0.2) is 35.5 Å². The van der Waals surface area contributed by atoms with Gasteiger partial charge in [-0.25, -0.2) is 4.98 Å². The number of carbonyl (C=O) groups is 1. The van der Waals surface area contributed by atoms with Crippen LogP contribution in [0.5, 0.6) is 5.75 Å². The molecule has 1 amide bonds. The number of rotatable bonds is 5. The van der Waals surface area contributed by atoms with Crippen LogP contribution in [0.1, 0.15) is 36.9 Å². The van der Waals surface area contributed by atoms with Crippen LogP contribution in [-0.2, 0) is 4.79 Å². The summed E-state index contributed by atoms with van der Waals surface area (Å²) in [5.41, 5.74) is 13.0. The van der Waals surface area contributed by atoms with Crippen molar-refractivity contribution in [1.82, 2.24) is 9.88 Å². The number of hydrogen-bond acceptors (Lipinski definition) is 5. The first-order valence-electron chi connectivity index (χ1n) is 9.56. The lowest BCUT2D eigenvalue weighted by Gasteiger charge is -2.35. The molecular formula is C22H26N4O2. The van der Waals surface area contributed by atoms with E-state index >= 15 is 0 Å². The van der Waals surface area contributed by atoms with Crippen LogP contribution in [0.25, 0.3) is 0 Å². The van der Waals surface area contributed by atoms with Gasteiger partial charge in [0, 0.05) is 36.3 Å². The Labute approximate surface area is 165 Å². The number of nitrogen functional groups attached to an aromatic ring is 1. The molecule has 146 valence electrons. The number of nitrogens with two attached hydrogens (primary N) is 2. The van der Waals surface area contributed by atoms with Crippen LogP contribution < -0.4 is 16.2 Å². The van der Waals surface area contributed by atoms with Crippen molar-refractivity contribution in [3.63, 3.8) is 0 Å². The first kappa shape index (κ1) is 19.7.